The van der Waals surface area contributed by atoms with E-state index in [-0.39, 0.29) is 6.04 Å². The maximum atomic E-state index is 11.1. The highest BCUT2D eigenvalue weighted by Crippen LogP contribution is 2.10. The molecule has 0 saturated heterocycles. The van der Waals surface area contributed by atoms with Gasteiger partial charge in [-0.3, -0.25) is 4.21 Å². The molecule has 0 aliphatic carbocycles. The molecule has 2 rings (SSSR count). The summed E-state index contributed by atoms with van der Waals surface area (Å²) in [5, 5.41) is 10.2. The van der Waals surface area contributed by atoms with Gasteiger partial charge in [0.2, 0.25) is 11.9 Å². The lowest BCUT2D eigenvalue weighted by Crippen LogP contribution is -2.21. The van der Waals surface area contributed by atoms with Crippen molar-refractivity contribution in [2.24, 2.45) is 0 Å². The largest absolute Gasteiger partial charge is 0.357 e. The molecule has 0 aliphatic heterocycles. The van der Waals surface area contributed by atoms with Gasteiger partial charge in [0.1, 0.15) is 0 Å². The van der Waals surface area contributed by atoms with E-state index in [1.165, 1.54) is 0 Å². The van der Waals surface area contributed by atoms with E-state index in [0.717, 1.165) is 6.42 Å². The maximum absolute atomic E-state index is 11.1. The van der Waals surface area contributed by atoms with Crippen molar-refractivity contribution in [2.75, 3.05) is 29.7 Å². The maximum Gasteiger partial charge on any atom is 0.257 e. The van der Waals surface area contributed by atoms with Gasteiger partial charge in [-0.2, -0.15) is 20.1 Å². The normalized spacial score (nSPS) is 13.7. The van der Waals surface area contributed by atoms with E-state index >= 15 is 0 Å². The number of anilines is 2. The molecule has 0 saturated carbocycles. The minimum absolute atomic E-state index is 0.117. The molecular weight excluding hydrogens is 290 g/mol. The zero-order chi connectivity index (χ0) is 15.2. The minimum atomic E-state index is -0.798. The summed E-state index contributed by atoms with van der Waals surface area (Å²) in [6.45, 7) is 2.00. The molecule has 2 aromatic heterocycles. The molecule has 9 heteroatoms. The van der Waals surface area contributed by atoms with Gasteiger partial charge in [-0.1, -0.05) is 0 Å². The van der Waals surface area contributed by atoms with Crippen LogP contribution in [0.2, 0.25) is 0 Å². The van der Waals surface area contributed by atoms with Gasteiger partial charge < -0.3 is 10.6 Å². The highest BCUT2D eigenvalue weighted by molar-refractivity contribution is 7.84. The zero-order valence-corrected chi connectivity index (χ0v) is 13.1. The van der Waals surface area contributed by atoms with Crippen LogP contribution < -0.4 is 10.6 Å². The Kier molecular flexibility index (Phi) is 5.20. The predicted octanol–water partition coefficient (Wildman–Crippen LogP) is 0.668. The number of nitrogens with one attached hydrogen (secondary N) is 2. The van der Waals surface area contributed by atoms with Crippen molar-refractivity contribution in [1.82, 2.24) is 24.7 Å². The van der Waals surface area contributed by atoms with Crippen LogP contribution in [-0.4, -0.2) is 54.0 Å². The predicted molar refractivity (Wildman–Crippen MR) is 83.1 cm³/mol. The molecular formula is C12H19N7OS. The lowest BCUT2D eigenvalue weighted by molar-refractivity contribution is 0.677. The summed E-state index contributed by atoms with van der Waals surface area (Å²) >= 11 is 0. The van der Waals surface area contributed by atoms with Crippen molar-refractivity contribution >= 4 is 22.7 Å². The fraction of sp³-hybridized carbons (Fsp3) is 0.500. The van der Waals surface area contributed by atoms with E-state index < -0.39 is 10.8 Å². The molecule has 0 amide bonds. The Hall–Kier alpha value is -2.03. The second-order valence-electron chi connectivity index (χ2n) is 4.59. The average molecular weight is 309 g/mol. The Balaban J connectivity index is 2.15. The molecule has 114 valence electrons. The van der Waals surface area contributed by atoms with Gasteiger partial charge in [-0.05, 0) is 19.4 Å². The Bertz CT molecular complexity index is 602. The molecule has 21 heavy (non-hydrogen) atoms. The third-order valence-corrected chi connectivity index (χ3v) is 3.58. The van der Waals surface area contributed by atoms with Gasteiger partial charge in [0.25, 0.3) is 5.95 Å². The van der Waals surface area contributed by atoms with Crippen molar-refractivity contribution in [3.05, 3.63) is 18.5 Å². The van der Waals surface area contributed by atoms with Crippen LogP contribution in [0.3, 0.4) is 0 Å². The first kappa shape index (κ1) is 15.4. The van der Waals surface area contributed by atoms with Crippen LogP contribution in [0.25, 0.3) is 5.95 Å². The standard InChI is InChI=1S/C12H19N7OS/c1-9(5-8-21(3)20)15-11-16-10(13-2)17-12(18-11)19-7-4-6-14-19/h4,6-7,9H,5,8H2,1-3H3,(H2,13,15,16,17,18). The summed E-state index contributed by atoms with van der Waals surface area (Å²) in [4.78, 5) is 12.9. The van der Waals surface area contributed by atoms with Gasteiger partial charge in [0.15, 0.2) is 0 Å². The third kappa shape index (κ3) is 4.48. The molecule has 0 spiro atoms. The third-order valence-electron chi connectivity index (χ3n) is 2.77. The van der Waals surface area contributed by atoms with Crippen molar-refractivity contribution in [2.45, 2.75) is 19.4 Å². The molecule has 2 atom stereocenters. The lowest BCUT2D eigenvalue weighted by Gasteiger charge is -2.14. The van der Waals surface area contributed by atoms with Gasteiger partial charge in [-0.25, -0.2) is 4.68 Å². The van der Waals surface area contributed by atoms with Crippen LogP contribution in [0.4, 0.5) is 11.9 Å². The van der Waals surface area contributed by atoms with E-state index in [0.29, 0.717) is 23.6 Å². The summed E-state index contributed by atoms with van der Waals surface area (Å²) in [6, 6.07) is 1.92. The molecule has 0 radical (unpaired) electrons. The van der Waals surface area contributed by atoms with E-state index in [9.17, 15) is 4.21 Å². The quantitative estimate of drug-likeness (QED) is 0.775. The van der Waals surface area contributed by atoms with Gasteiger partial charge in [0, 0.05) is 48.3 Å². The van der Waals surface area contributed by atoms with Crippen LogP contribution in [-0.2, 0) is 10.8 Å². The van der Waals surface area contributed by atoms with E-state index in [1.54, 1.807) is 36.4 Å². The Labute approximate surface area is 125 Å². The lowest BCUT2D eigenvalue weighted by atomic mass is 10.3. The first-order chi connectivity index (χ1) is 10.1. The van der Waals surface area contributed by atoms with E-state index in [2.05, 4.69) is 30.7 Å². The Morgan fingerprint density at radius 2 is 2.10 bits per heavy atom. The molecule has 0 bridgehead atoms. The number of rotatable bonds is 7. The summed E-state index contributed by atoms with van der Waals surface area (Å²) in [6.07, 6.45) is 5.91. The smallest absolute Gasteiger partial charge is 0.257 e. The summed E-state index contributed by atoms with van der Waals surface area (Å²) in [5.41, 5.74) is 0. The first-order valence-electron chi connectivity index (χ1n) is 6.59. The number of hydrogen-bond donors (Lipinski definition) is 2. The van der Waals surface area contributed by atoms with Crippen molar-refractivity contribution in [1.29, 1.82) is 0 Å². The molecule has 0 fully saturated rings. The SMILES string of the molecule is CNc1nc(NC(C)CCS(C)=O)nc(-n2cccn2)n1. The van der Waals surface area contributed by atoms with E-state index in [4.69, 9.17) is 0 Å². The van der Waals surface area contributed by atoms with E-state index in [1.807, 2.05) is 6.92 Å². The molecule has 2 N–H and O–H groups in total. The van der Waals surface area contributed by atoms with Crippen LogP contribution in [0.5, 0.6) is 0 Å². The number of hydrogen-bond acceptors (Lipinski definition) is 7. The van der Waals surface area contributed by atoms with Gasteiger partial charge in [0.05, 0.1) is 0 Å². The summed E-state index contributed by atoms with van der Waals surface area (Å²) in [7, 11) is 0.947. The first-order valence-corrected chi connectivity index (χ1v) is 8.31. The zero-order valence-electron chi connectivity index (χ0n) is 12.3. The molecule has 0 aliphatic rings. The molecule has 2 heterocycles. The monoisotopic (exact) mass is 309 g/mol. The highest BCUT2D eigenvalue weighted by Gasteiger charge is 2.10. The molecule has 0 aromatic carbocycles. The van der Waals surface area contributed by atoms with Crippen LogP contribution >= 0.6 is 0 Å². The highest BCUT2D eigenvalue weighted by atomic mass is 32.2. The number of aromatic nitrogens is 5. The van der Waals surface area contributed by atoms with Crippen LogP contribution in [0.1, 0.15) is 13.3 Å². The van der Waals surface area contributed by atoms with Crippen LogP contribution in [0, 0.1) is 0 Å². The van der Waals surface area contributed by atoms with Crippen LogP contribution in [0.15, 0.2) is 18.5 Å². The Morgan fingerprint density at radius 3 is 2.71 bits per heavy atom. The topological polar surface area (TPSA) is 97.6 Å². The number of nitrogens with zero attached hydrogens (tertiary/aromatic N) is 5. The molecule has 2 unspecified atom stereocenters. The second-order valence-corrected chi connectivity index (χ2v) is 6.15. The van der Waals surface area contributed by atoms with Gasteiger partial charge in [-0.15, -0.1) is 0 Å². The van der Waals surface area contributed by atoms with Crippen molar-refractivity contribution in [3.8, 4) is 5.95 Å². The van der Waals surface area contributed by atoms with Crippen molar-refractivity contribution in [3.63, 3.8) is 0 Å². The Morgan fingerprint density at radius 1 is 1.33 bits per heavy atom. The summed E-state index contributed by atoms with van der Waals surface area (Å²) < 4.78 is 12.7. The molecule has 2 aromatic rings. The minimum Gasteiger partial charge on any atom is -0.357 e. The summed E-state index contributed by atoms with van der Waals surface area (Å²) in [5.74, 6) is 2.01. The fourth-order valence-electron chi connectivity index (χ4n) is 1.67. The fourth-order valence-corrected chi connectivity index (χ4v) is 2.35. The van der Waals surface area contributed by atoms with Crippen molar-refractivity contribution < 1.29 is 4.21 Å². The second kappa shape index (κ2) is 7.11. The molecule has 8 nitrogen and oxygen atoms in total. The average Bonchev–Trinajstić information content (AvgIpc) is 2.99. The van der Waals surface area contributed by atoms with Gasteiger partial charge >= 0.3 is 0 Å².